The quantitative estimate of drug-likeness (QED) is 0.172. The second kappa shape index (κ2) is 19.3. The molecule has 2 aromatic heterocycles. The van der Waals surface area contributed by atoms with Crippen molar-refractivity contribution in [3.05, 3.63) is 376 Å². The number of para-hydroxylation sites is 3. The molecule has 3 nitrogen and oxygen atoms in total. The maximum Gasteiger partial charge on any atom is 0.144 e. The van der Waals surface area contributed by atoms with Crippen LogP contribution < -0.4 is 4.90 Å². The molecule has 472 valence electrons. The highest BCUT2D eigenvalue weighted by Gasteiger charge is 2.57. The highest BCUT2D eigenvalue weighted by Crippen LogP contribution is 2.71. The molecular formula is C98H63NO2. The predicted octanol–water partition coefficient (Wildman–Crippen LogP) is 25.6. The Morgan fingerprint density at radius 1 is 0.248 bits per heavy atom. The van der Waals surface area contributed by atoms with Gasteiger partial charge < -0.3 is 13.7 Å². The van der Waals surface area contributed by atoms with Crippen molar-refractivity contribution in [1.29, 1.82) is 0 Å². The summed E-state index contributed by atoms with van der Waals surface area (Å²) in [4.78, 5) is 2.63. The van der Waals surface area contributed by atoms with E-state index in [-0.39, 0.29) is 5.41 Å². The van der Waals surface area contributed by atoms with E-state index in [1.54, 1.807) is 0 Å². The zero-order valence-electron chi connectivity index (χ0n) is 56.2. The van der Waals surface area contributed by atoms with E-state index < -0.39 is 16.2 Å². The fraction of sp³-hybridized carbons (Fsp3) is 0.0816. The van der Waals surface area contributed by atoms with Crippen LogP contribution in [0.3, 0.4) is 0 Å². The Labute approximate surface area is 585 Å². The van der Waals surface area contributed by atoms with Gasteiger partial charge in [-0.3, -0.25) is 0 Å². The Balaban J connectivity index is 0.828. The summed E-state index contributed by atoms with van der Waals surface area (Å²) >= 11 is 0. The van der Waals surface area contributed by atoms with Crippen LogP contribution in [0, 0.1) is 0 Å². The molecule has 0 aliphatic heterocycles. The number of nitrogens with zero attached hydrogens (tertiary/aromatic N) is 1. The number of hydrogen-bond donors (Lipinski definition) is 0. The SMILES string of the molecule is CC1(C)c2cc(N(c3ccc4c(c3)C3(c5ccccc5-c5ccccc53)c3cc5c(cc3-4)C3(c4ccccc4-c4ccccc43)c3ccc4oc6ccccc6c4c3-5)c3c(-c4ccccc4)cccc3-c3ccccc3)ccc2-c2c1c1c(c3c2oc2ccccc23)-c2ccccc2C1(C)C. The van der Waals surface area contributed by atoms with Gasteiger partial charge in [-0.1, -0.05) is 282 Å². The van der Waals surface area contributed by atoms with Gasteiger partial charge in [0.05, 0.1) is 16.5 Å². The van der Waals surface area contributed by atoms with E-state index in [1.807, 2.05) is 0 Å². The van der Waals surface area contributed by atoms with Crippen molar-refractivity contribution in [2.24, 2.45) is 0 Å². The molecule has 0 bridgehead atoms. The lowest BCUT2D eigenvalue weighted by Gasteiger charge is -2.34. The minimum absolute atomic E-state index is 0.290. The van der Waals surface area contributed by atoms with Crippen LogP contribution in [0.1, 0.15) is 94.5 Å². The average Bonchev–Trinajstić information content (AvgIpc) is 1.52. The second-order valence-electron chi connectivity index (χ2n) is 29.9. The summed E-state index contributed by atoms with van der Waals surface area (Å²) in [7, 11) is 0. The van der Waals surface area contributed by atoms with Crippen LogP contribution in [0.2, 0.25) is 0 Å². The summed E-state index contributed by atoms with van der Waals surface area (Å²) in [5.41, 5.74) is 40.3. The van der Waals surface area contributed by atoms with Crippen molar-refractivity contribution >= 4 is 60.9 Å². The topological polar surface area (TPSA) is 29.5 Å². The van der Waals surface area contributed by atoms with E-state index in [2.05, 4.69) is 342 Å². The summed E-state index contributed by atoms with van der Waals surface area (Å²) in [5, 5.41) is 4.66. The monoisotopic (exact) mass is 1290 g/mol. The minimum Gasteiger partial charge on any atom is -0.456 e. The third kappa shape index (κ3) is 6.72. The van der Waals surface area contributed by atoms with Gasteiger partial charge in [0, 0.05) is 60.4 Å². The summed E-state index contributed by atoms with van der Waals surface area (Å²) in [6, 6.07) is 117. The fourth-order valence-corrected chi connectivity index (χ4v) is 20.7. The molecule has 0 saturated carbocycles. The van der Waals surface area contributed by atoms with E-state index in [0.717, 1.165) is 72.4 Å². The van der Waals surface area contributed by atoms with Gasteiger partial charge in [0.1, 0.15) is 22.3 Å². The zero-order chi connectivity index (χ0) is 66.6. The molecule has 6 aliphatic rings. The number of rotatable bonds is 5. The lowest BCUT2D eigenvalue weighted by atomic mass is 9.68. The van der Waals surface area contributed by atoms with E-state index in [1.165, 1.54) is 144 Å². The first-order valence-corrected chi connectivity index (χ1v) is 35.6. The number of fused-ring (bicyclic) bond motifs is 36. The van der Waals surface area contributed by atoms with Crippen molar-refractivity contribution in [2.45, 2.75) is 49.4 Å². The van der Waals surface area contributed by atoms with Crippen LogP contribution in [0.5, 0.6) is 0 Å². The lowest BCUT2D eigenvalue weighted by molar-refractivity contribution is 0.600. The minimum atomic E-state index is -0.742. The lowest BCUT2D eigenvalue weighted by Crippen LogP contribution is -2.27. The van der Waals surface area contributed by atoms with Crippen LogP contribution in [0.15, 0.2) is 318 Å². The second-order valence-corrected chi connectivity index (χ2v) is 29.9. The van der Waals surface area contributed by atoms with Gasteiger partial charge in [-0.15, -0.1) is 0 Å². The predicted molar refractivity (Wildman–Crippen MR) is 414 cm³/mol. The van der Waals surface area contributed by atoms with Crippen molar-refractivity contribution in [3.63, 3.8) is 0 Å². The molecule has 2 spiro atoms. The van der Waals surface area contributed by atoms with Crippen molar-refractivity contribution in [3.8, 4) is 89.0 Å². The number of furan rings is 2. The third-order valence-electron chi connectivity index (χ3n) is 24.6. The van der Waals surface area contributed by atoms with Crippen molar-refractivity contribution < 1.29 is 8.83 Å². The third-order valence-corrected chi connectivity index (χ3v) is 24.6. The summed E-state index contributed by atoms with van der Waals surface area (Å²) in [6.07, 6.45) is 0. The molecule has 0 saturated heterocycles. The van der Waals surface area contributed by atoms with E-state index in [4.69, 9.17) is 8.83 Å². The summed E-state index contributed by atoms with van der Waals surface area (Å²) in [6.45, 7) is 9.84. The van der Waals surface area contributed by atoms with E-state index >= 15 is 0 Å². The fourth-order valence-electron chi connectivity index (χ4n) is 20.7. The molecule has 0 radical (unpaired) electrons. The normalized spacial score (nSPS) is 15.2. The summed E-state index contributed by atoms with van der Waals surface area (Å²) < 4.78 is 14.2. The van der Waals surface area contributed by atoms with Crippen LogP contribution in [-0.2, 0) is 21.7 Å². The van der Waals surface area contributed by atoms with Gasteiger partial charge in [-0.25, -0.2) is 0 Å². The van der Waals surface area contributed by atoms with Gasteiger partial charge in [0.25, 0.3) is 0 Å². The molecule has 2 heterocycles. The van der Waals surface area contributed by atoms with Crippen molar-refractivity contribution in [2.75, 3.05) is 4.90 Å². The van der Waals surface area contributed by atoms with Crippen LogP contribution >= 0.6 is 0 Å². The molecule has 3 heteroatoms. The first-order chi connectivity index (χ1) is 49.6. The van der Waals surface area contributed by atoms with Crippen LogP contribution in [0.25, 0.3) is 133 Å². The Morgan fingerprint density at radius 3 is 1.27 bits per heavy atom. The number of benzene rings is 15. The standard InChI is InChI=1S/C98H63NO2/c1-95(2)73-39-18-15-34-67(73)88-89-70-36-17-24-45-84(70)101-94(89)90-68-49-47-58(52-79(68)96(3,4)92(90)91(88)95)99(93-60(56-26-7-5-8-27-56)37-25-38-61(93)57-28-9-6-10-29-57)59-46-48-66-71-54-82-72(55-81(71)98(80(66)53-59)76-42-21-13-32-64(76)65-33-14-22-43-77(65)98)86-78(50-51-85-87(86)69-35-16-23-44-83(69)100-85)97(82)74-40-19-11-30-62(74)63-31-12-20-41-75(63)97/h5-55H,1-4H3. The molecular weight excluding hydrogens is 1220 g/mol. The maximum absolute atomic E-state index is 7.28. The molecule has 0 N–H and O–H groups in total. The first kappa shape index (κ1) is 55.7. The molecule has 6 aliphatic carbocycles. The van der Waals surface area contributed by atoms with E-state index in [9.17, 15) is 0 Å². The molecule has 15 aromatic carbocycles. The molecule has 0 unspecified atom stereocenters. The van der Waals surface area contributed by atoms with Crippen LogP contribution in [0.4, 0.5) is 17.1 Å². The zero-order valence-corrected chi connectivity index (χ0v) is 56.2. The van der Waals surface area contributed by atoms with Crippen molar-refractivity contribution in [1.82, 2.24) is 0 Å². The van der Waals surface area contributed by atoms with E-state index in [0.29, 0.717) is 0 Å². The molecule has 0 amide bonds. The molecule has 23 rings (SSSR count). The first-order valence-electron chi connectivity index (χ1n) is 35.6. The van der Waals surface area contributed by atoms with Crippen LogP contribution in [-0.4, -0.2) is 0 Å². The molecule has 0 fully saturated rings. The maximum atomic E-state index is 7.28. The van der Waals surface area contributed by atoms with Gasteiger partial charge in [-0.2, -0.15) is 0 Å². The Kier molecular flexibility index (Phi) is 10.7. The van der Waals surface area contributed by atoms with Gasteiger partial charge >= 0.3 is 0 Å². The number of hydrogen-bond acceptors (Lipinski definition) is 3. The number of anilines is 3. The summed E-state index contributed by atoms with van der Waals surface area (Å²) in [5.74, 6) is 0. The highest BCUT2D eigenvalue weighted by molar-refractivity contribution is 6.22. The molecule has 17 aromatic rings. The smallest absolute Gasteiger partial charge is 0.144 e. The Bertz CT molecular complexity index is 6440. The molecule has 0 atom stereocenters. The Hall–Kier alpha value is -12.3. The van der Waals surface area contributed by atoms with Gasteiger partial charge in [0.2, 0.25) is 0 Å². The van der Waals surface area contributed by atoms with Gasteiger partial charge in [-0.05, 0) is 194 Å². The average molecular weight is 1290 g/mol. The Morgan fingerprint density at radius 2 is 0.663 bits per heavy atom. The van der Waals surface area contributed by atoms with Gasteiger partial charge in [0.15, 0.2) is 0 Å². The highest BCUT2D eigenvalue weighted by atomic mass is 16.3. The largest absolute Gasteiger partial charge is 0.456 e. The molecule has 101 heavy (non-hydrogen) atoms.